The van der Waals surface area contributed by atoms with Crippen LogP contribution in [0.15, 0.2) is 0 Å². The second-order valence-corrected chi connectivity index (χ2v) is 2.93. The fourth-order valence-corrected chi connectivity index (χ4v) is 0.754. The normalized spacial score (nSPS) is 11.6. The number of halogens is 2. The van der Waals surface area contributed by atoms with Crippen molar-refractivity contribution in [1.29, 1.82) is 0 Å². The number of hydrogen-bond acceptors (Lipinski definition) is 2. The van der Waals surface area contributed by atoms with E-state index in [4.69, 9.17) is 0 Å². The summed E-state index contributed by atoms with van der Waals surface area (Å²) in [6, 6.07) is 0. The van der Waals surface area contributed by atoms with Gasteiger partial charge < -0.3 is 5.73 Å². The first-order chi connectivity index (χ1) is 4.04. The smallest absolute Gasteiger partial charge is 0.335 e. The van der Waals surface area contributed by atoms with Crippen molar-refractivity contribution in [2.24, 2.45) is 0 Å². The Bertz CT molecular complexity index is 115. The van der Waals surface area contributed by atoms with Gasteiger partial charge in [0.05, 0.1) is 0 Å². The molecule has 0 radical (unpaired) electrons. The van der Waals surface area contributed by atoms with Gasteiger partial charge in [0.2, 0.25) is 0 Å². The topological polar surface area (TPSA) is 27.6 Å². The van der Waals surface area contributed by atoms with Gasteiger partial charge in [-0.25, -0.2) is 0 Å². The Morgan fingerprint density at radius 1 is 1.78 bits per heavy atom. The zero-order valence-corrected chi connectivity index (χ0v) is 6.62. The summed E-state index contributed by atoms with van der Waals surface area (Å²) in [6.45, 7) is -0.452. The zero-order chi connectivity index (χ0) is 7.49. The van der Waals surface area contributed by atoms with E-state index >= 15 is 0 Å². The van der Waals surface area contributed by atoms with E-state index in [9.17, 15) is 8.78 Å². The third-order valence-electron chi connectivity index (χ3n) is 0.798. The molecule has 0 aliphatic rings. The summed E-state index contributed by atoms with van der Waals surface area (Å²) in [6.07, 6.45) is 1.53. The Kier molecular flexibility index (Phi) is 3.53. The van der Waals surface area contributed by atoms with Crippen LogP contribution < -0.4 is 5.73 Å². The van der Waals surface area contributed by atoms with Gasteiger partial charge in [-0.1, -0.05) is 12.2 Å². The summed E-state index contributed by atoms with van der Waals surface area (Å²) in [5.74, 6) is -2.87. The highest BCUT2D eigenvalue weighted by atomic mass is 32.2. The number of thiocarbonyl (C=S) groups is 1. The highest BCUT2D eigenvalue weighted by molar-refractivity contribution is 8.22. The van der Waals surface area contributed by atoms with Crippen molar-refractivity contribution in [2.45, 2.75) is 5.92 Å². The fraction of sp³-hybridized carbons (Fsp3) is 0.750. The molecule has 0 aliphatic heterocycles. The van der Waals surface area contributed by atoms with Crippen molar-refractivity contribution in [2.75, 3.05) is 12.8 Å². The molecule has 0 saturated carbocycles. The van der Waals surface area contributed by atoms with Crippen LogP contribution in [0.3, 0.4) is 0 Å². The number of hydrogen-bond donors (Lipinski definition) is 1. The van der Waals surface area contributed by atoms with Gasteiger partial charge >= 0.3 is 5.92 Å². The van der Waals surface area contributed by atoms with Crippen LogP contribution in [0.4, 0.5) is 8.78 Å². The third-order valence-corrected chi connectivity index (χ3v) is 2.27. The van der Waals surface area contributed by atoms with Gasteiger partial charge in [0.1, 0.15) is 10.7 Å². The maximum Gasteiger partial charge on any atom is 0.335 e. The van der Waals surface area contributed by atoms with Crippen LogP contribution in [0, 0.1) is 0 Å². The number of thioether (sulfide) groups is 1. The Morgan fingerprint density at radius 2 is 2.22 bits per heavy atom. The first kappa shape index (κ1) is 9.26. The molecule has 0 unspecified atom stereocenters. The molecular weight excluding hydrogens is 164 g/mol. The minimum atomic E-state index is -2.87. The van der Waals surface area contributed by atoms with Gasteiger partial charge in [0.15, 0.2) is 0 Å². The first-order valence-electron chi connectivity index (χ1n) is 2.30. The van der Waals surface area contributed by atoms with Gasteiger partial charge in [0, 0.05) is 0 Å². The number of quaternary nitrogens is 1. The molecule has 0 aromatic carbocycles. The summed E-state index contributed by atoms with van der Waals surface area (Å²) in [4.78, 5) is 0. The molecule has 0 fully saturated rings. The van der Waals surface area contributed by atoms with Gasteiger partial charge in [-0.2, -0.15) is 8.78 Å². The summed E-state index contributed by atoms with van der Waals surface area (Å²) in [5.41, 5.74) is 3.08. The van der Waals surface area contributed by atoms with E-state index < -0.39 is 12.5 Å². The van der Waals surface area contributed by atoms with E-state index in [1.165, 1.54) is 6.26 Å². The molecule has 0 heterocycles. The largest absolute Gasteiger partial charge is 0.352 e. The molecule has 5 heteroatoms. The van der Waals surface area contributed by atoms with Gasteiger partial charge in [-0.15, -0.1) is 11.8 Å². The molecule has 0 rings (SSSR count). The Hall–Kier alpha value is 0.260. The molecule has 0 aromatic heterocycles. The lowest BCUT2D eigenvalue weighted by molar-refractivity contribution is -0.396. The Morgan fingerprint density at radius 3 is 2.33 bits per heavy atom. The molecule has 0 bridgehead atoms. The van der Waals surface area contributed by atoms with E-state index in [1.807, 2.05) is 0 Å². The van der Waals surface area contributed by atoms with Crippen molar-refractivity contribution in [3.63, 3.8) is 0 Å². The Balaban J connectivity index is 3.97. The lowest BCUT2D eigenvalue weighted by atomic mass is 10.4. The summed E-state index contributed by atoms with van der Waals surface area (Å²) in [5, 5.41) is 0. The van der Waals surface area contributed by atoms with Crippen molar-refractivity contribution in [1.82, 2.24) is 0 Å². The van der Waals surface area contributed by atoms with E-state index in [0.29, 0.717) is 0 Å². The van der Waals surface area contributed by atoms with Gasteiger partial charge in [0.25, 0.3) is 0 Å². The molecule has 54 valence electrons. The maximum atomic E-state index is 12.3. The average Bonchev–Trinajstić information content (AvgIpc) is 1.86. The second-order valence-electron chi connectivity index (χ2n) is 1.45. The molecule has 0 amide bonds. The summed E-state index contributed by atoms with van der Waals surface area (Å²) >= 11 is 5.26. The molecule has 9 heavy (non-hydrogen) atoms. The minimum absolute atomic E-state index is 0.280. The second kappa shape index (κ2) is 3.43. The van der Waals surface area contributed by atoms with Crippen molar-refractivity contribution < 1.29 is 14.5 Å². The molecule has 0 saturated heterocycles. The quantitative estimate of drug-likeness (QED) is 0.616. The molecule has 0 atom stereocenters. The predicted octanol–water partition coefficient (Wildman–Crippen LogP) is 0.554. The number of rotatable bonds is 2. The predicted molar refractivity (Wildman–Crippen MR) is 38.8 cm³/mol. The molecule has 0 aliphatic carbocycles. The van der Waals surface area contributed by atoms with Crippen LogP contribution in [0.25, 0.3) is 0 Å². The highest BCUT2D eigenvalue weighted by Gasteiger charge is 2.34. The van der Waals surface area contributed by atoms with Crippen molar-refractivity contribution in [3.8, 4) is 0 Å². The Labute approximate surface area is 62.0 Å². The third kappa shape index (κ3) is 2.55. The SMILES string of the molecule is CSC(=S)C(F)(F)C[NH3+]. The molecular formula is C4H8F2NS2+. The van der Waals surface area contributed by atoms with Crippen LogP contribution in [-0.4, -0.2) is 22.9 Å². The van der Waals surface area contributed by atoms with Crippen molar-refractivity contribution >= 4 is 28.2 Å². The standard InChI is InChI=1S/C4H7F2NS2/c1-9-3(8)4(5,6)2-7/h2,7H2,1H3/p+1. The van der Waals surface area contributed by atoms with Crippen molar-refractivity contribution in [3.05, 3.63) is 0 Å². The van der Waals surface area contributed by atoms with E-state index in [2.05, 4.69) is 18.0 Å². The van der Waals surface area contributed by atoms with E-state index in [0.717, 1.165) is 11.8 Å². The van der Waals surface area contributed by atoms with Crippen LogP contribution >= 0.6 is 24.0 Å². The van der Waals surface area contributed by atoms with Crippen LogP contribution in [0.2, 0.25) is 0 Å². The summed E-state index contributed by atoms with van der Waals surface area (Å²) < 4.78 is 24.4. The van der Waals surface area contributed by atoms with Crippen LogP contribution in [0.5, 0.6) is 0 Å². The minimum Gasteiger partial charge on any atom is -0.352 e. The van der Waals surface area contributed by atoms with E-state index in [1.54, 1.807) is 0 Å². The number of alkyl halides is 2. The fourth-order valence-electron chi connectivity index (χ4n) is 0.251. The lowest BCUT2D eigenvalue weighted by Crippen LogP contribution is -2.60. The highest BCUT2D eigenvalue weighted by Crippen LogP contribution is 2.19. The lowest BCUT2D eigenvalue weighted by Gasteiger charge is -2.09. The molecule has 0 aromatic rings. The van der Waals surface area contributed by atoms with Gasteiger partial charge in [-0.05, 0) is 6.26 Å². The zero-order valence-electron chi connectivity index (χ0n) is 4.99. The van der Waals surface area contributed by atoms with Crippen LogP contribution in [0.1, 0.15) is 0 Å². The molecule has 0 spiro atoms. The average molecular weight is 172 g/mol. The van der Waals surface area contributed by atoms with E-state index in [-0.39, 0.29) is 4.20 Å². The first-order valence-corrected chi connectivity index (χ1v) is 3.93. The maximum absolute atomic E-state index is 12.3. The molecule has 3 N–H and O–H groups in total. The summed E-state index contributed by atoms with van der Waals surface area (Å²) in [7, 11) is 0. The van der Waals surface area contributed by atoms with Gasteiger partial charge in [-0.3, -0.25) is 0 Å². The van der Waals surface area contributed by atoms with Crippen LogP contribution in [-0.2, 0) is 0 Å². The molecule has 1 nitrogen and oxygen atoms in total. The monoisotopic (exact) mass is 172 g/mol.